The first-order chi connectivity index (χ1) is 7.78. The lowest BCUT2D eigenvalue weighted by atomic mass is 9.91. The van der Waals surface area contributed by atoms with Gasteiger partial charge >= 0.3 is 0 Å². The van der Waals surface area contributed by atoms with E-state index >= 15 is 0 Å². The lowest BCUT2D eigenvalue weighted by molar-refractivity contribution is 0.341. The standard InChI is InChI=1S/C11H24N2O2S2/c1-5-9(10(12)16)17(14,15)13-11(6-2,7-3)8-4/h9,13H,5-8H2,1-4H3,(H2,12,16). The first kappa shape index (κ1) is 16.8. The van der Waals surface area contributed by atoms with E-state index in [1.807, 2.05) is 20.8 Å². The van der Waals surface area contributed by atoms with Crippen LogP contribution >= 0.6 is 12.2 Å². The van der Waals surface area contributed by atoms with Gasteiger partial charge in [0.15, 0.2) is 0 Å². The minimum Gasteiger partial charge on any atom is -0.392 e. The molecule has 102 valence electrons. The van der Waals surface area contributed by atoms with Gasteiger partial charge in [0.2, 0.25) is 10.0 Å². The van der Waals surface area contributed by atoms with Gasteiger partial charge in [-0.25, -0.2) is 13.1 Å². The molecule has 0 bridgehead atoms. The van der Waals surface area contributed by atoms with Crippen molar-refractivity contribution in [1.82, 2.24) is 4.72 Å². The molecule has 0 saturated heterocycles. The van der Waals surface area contributed by atoms with E-state index in [1.54, 1.807) is 6.92 Å². The molecule has 0 aromatic carbocycles. The summed E-state index contributed by atoms with van der Waals surface area (Å²) >= 11 is 4.82. The maximum Gasteiger partial charge on any atom is 0.221 e. The van der Waals surface area contributed by atoms with Crippen molar-refractivity contribution >= 4 is 27.2 Å². The van der Waals surface area contributed by atoms with Crippen molar-refractivity contribution in [2.75, 3.05) is 0 Å². The number of rotatable bonds is 8. The van der Waals surface area contributed by atoms with E-state index in [1.165, 1.54) is 0 Å². The molecule has 0 amide bonds. The lowest BCUT2D eigenvalue weighted by Gasteiger charge is -2.33. The maximum absolute atomic E-state index is 12.2. The first-order valence-corrected chi connectivity index (χ1v) is 8.06. The van der Waals surface area contributed by atoms with Gasteiger partial charge in [-0.15, -0.1) is 0 Å². The van der Waals surface area contributed by atoms with Crippen LogP contribution in [0.15, 0.2) is 0 Å². The van der Waals surface area contributed by atoms with Gasteiger partial charge in [0.1, 0.15) is 5.25 Å². The summed E-state index contributed by atoms with van der Waals surface area (Å²) in [5.41, 5.74) is 5.11. The highest BCUT2D eigenvalue weighted by Gasteiger charge is 2.34. The van der Waals surface area contributed by atoms with Gasteiger partial charge in [0.25, 0.3) is 0 Å². The van der Waals surface area contributed by atoms with Crippen molar-refractivity contribution < 1.29 is 8.42 Å². The second-order valence-corrected chi connectivity index (χ2v) is 6.62. The third kappa shape index (κ3) is 4.19. The van der Waals surface area contributed by atoms with Gasteiger partial charge in [-0.3, -0.25) is 0 Å². The summed E-state index contributed by atoms with van der Waals surface area (Å²) in [5.74, 6) is 0. The van der Waals surface area contributed by atoms with Crippen LogP contribution in [0.4, 0.5) is 0 Å². The van der Waals surface area contributed by atoms with Crippen molar-refractivity contribution in [3.8, 4) is 0 Å². The Hall–Kier alpha value is -0.200. The average molecular weight is 280 g/mol. The number of nitrogens with one attached hydrogen (secondary N) is 1. The predicted octanol–water partition coefficient (Wildman–Crippen LogP) is 1.94. The Kier molecular flexibility index (Phi) is 6.58. The van der Waals surface area contributed by atoms with E-state index < -0.39 is 15.3 Å². The van der Waals surface area contributed by atoms with Crippen molar-refractivity contribution in [3.63, 3.8) is 0 Å². The fraction of sp³-hybridized carbons (Fsp3) is 0.909. The van der Waals surface area contributed by atoms with Crippen LogP contribution in [0.25, 0.3) is 0 Å². The second kappa shape index (κ2) is 6.66. The van der Waals surface area contributed by atoms with Crippen molar-refractivity contribution in [2.24, 2.45) is 5.73 Å². The minimum atomic E-state index is -3.48. The molecule has 0 aliphatic carbocycles. The highest BCUT2D eigenvalue weighted by atomic mass is 32.2. The van der Waals surface area contributed by atoms with E-state index in [0.29, 0.717) is 6.42 Å². The van der Waals surface area contributed by atoms with Gasteiger partial charge < -0.3 is 5.73 Å². The highest BCUT2D eigenvalue weighted by Crippen LogP contribution is 2.22. The smallest absolute Gasteiger partial charge is 0.221 e. The molecule has 3 N–H and O–H groups in total. The maximum atomic E-state index is 12.2. The molecule has 0 rings (SSSR count). The number of hydrogen-bond acceptors (Lipinski definition) is 3. The minimum absolute atomic E-state index is 0.0391. The first-order valence-electron chi connectivity index (χ1n) is 6.10. The zero-order chi connectivity index (χ0) is 13.7. The summed E-state index contributed by atoms with van der Waals surface area (Å²) in [6, 6.07) is 0. The fourth-order valence-corrected chi connectivity index (χ4v) is 4.38. The normalized spacial score (nSPS) is 14.6. The summed E-state index contributed by atoms with van der Waals surface area (Å²) in [6.07, 6.45) is 2.67. The van der Waals surface area contributed by atoms with E-state index in [-0.39, 0.29) is 10.5 Å². The molecule has 4 nitrogen and oxygen atoms in total. The molecule has 0 saturated carbocycles. The Morgan fingerprint density at radius 3 is 1.88 bits per heavy atom. The van der Waals surface area contributed by atoms with E-state index in [4.69, 9.17) is 18.0 Å². The van der Waals surface area contributed by atoms with Gasteiger partial charge in [0, 0.05) is 5.54 Å². The van der Waals surface area contributed by atoms with E-state index in [2.05, 4.69) is 4.72 Å². The van der Waals surface area contributed by atoms with E-state index in [0.717, 1.165) is 19.3 Å². The monoisotopic (exact) mass is 280 g/mol. The quantitative estimate of drug-likeness (QED) is 0.667. The number of sulfonamides is 1. The van der Waals surface area contributed by atoms with Gasteiger partial charge in [0.05, 0.1) is 4.99 Å². The van der Waals surface area contributed by atoms with Crippen LogP contribution in [0, 0.1) is 0 Å². The SMILES string of the molecule is CCC(C(N)=S)S(=O)(=O)NC(CC)(CC)CC. The average Bonchev–Trinajstić information content (AvgIpc) is 2.26. The molecule has 1 atom stereocenters. The van der Waals surface area contributed by atoms with Crippen molar-refractivity contribution in [3.05, 3.63) is 0 Å². The van der Waals surface area contributed by atoms with Crippen LogP contribution in [0.1, 0.15) is 53.4 Å². The van der Waals surface area contributed by atoms with Crippen molar-refractivity contribution in [2.45, 2.75) is 64.2 Å². The molecule has 1 unspecified atom stereocenters. The van der Waals surface area contributed by atoms with Crippen molar-refractivity contribution in [1.29, 1.82) is 0 Å². The molecule has 6 heteroatoms. The molecular formula is C11H24N2O2S2. The zero-order valence-electron chi connectivity index (χ0n) is 11.1. The molecule has 0 aliphatic heterocycles. The van der Waals surface area contributed by atoms with E-state index in [9.17, 15) is 8.42 Å². The Morgan fingerprint density at radius 2 is 1.65 bits per heavy atom. The summed E-state index contributed by atoms with van der Waals surface area (Å²) in [6.45, 7) is 7.72. The highest BCUT2D eigenvalue weighted by molar-refractivity contribution is 7.93. The summed E-state index contributed by atoms with van der Waals surface area (Å²) in [7, 11) is -3.48. The molecule has 0 radical (unpaired) electrons. The van der Waals surface area contributed by atoms with Gasteiger partial charge in [-0.2, -0.15) is 0 Å². The van der Waals surface area contributed by atoms with Crippen LogP contribution in [0.3, 0.4) is 0 Å². The topological polar surface area (TPSA) is 72.2 Å². The van der Waals surface area contributed by atoms with Gasteiger partial charge in [-0.05, 0) is 25.7 Å². The predicted molar refractivity (Wildman–Crippen MR) is 76.5 cm³/mol. The van der Waals surface area contributed by atoms with Crippen LogP contribution in [-0.4, -0.2) is 24.2 Å². The van der Waals surface area contributed by atoms with Crippen LogP contribution in [-0.2, 0) is 10.0 Å². The number of thiocarbonyl (C=S) groups is 1. The third-order valence-corrected chi connectivity index (χ3v) is 5.94. The summed E-state index contributed by atoms with van der Waals surface area (Å²) < 4.78 is 27.2. The lowest BCUT2D eigenvalue weighted by Crippen LogP contribution is -2.52. The van der Waals surface area contributed by atoms with Crippen LogP contribution in [0.5, 0.6) is 0 Å². The second-order valence-electron chi connectivity index (χ2n) is 4.29. The number of nitrogens with two attached hydrogens (primary N) is 1. The molecular weight excluding hydrogens is 256 g/mol. The Labute approximate surface area is 110 Å². The van der Waals surface area contributed by atoms with Crippen LogP contribution in [0.2, 0.25) is 0 Å². The fourth-order valence-electron chi connectivity index (χ4n) is 1.91. The molecule has 17 heavy (non-hydrogen) atoms. The summed E-state index contributed by atoms with van der Waals surface area (Å²) in [4.78, 5) is 0.0391. The molecule has 0 aromatic rings. The zero-order valence-corrected chi connectivity index (χ0v) is 12.7. The molecule has 0 heterocycles. The molecule has 0 aliphatic rings. The Bertz CT molecular complexity index is 340. The number of hydrogen-bond donors (Lipinski definition) is 2. The molecule has 0 aromatic heterocycles. The summed E-state index contributed by atoms with van der Waals surface area (Å²) in [5, 5.41) is -0.776. The van der Waals surface area contributed by atoms with Crippen LogP contribution < -0.4 is 10.5 Å². The Morgan fingerprint density at radius 1 is 1.24 bits per heavy atom. The largest absolute Gasteiger partial charge is 0.392 e. The van der Waals surface area contributed by atoms with Gasteiger partial charge in [-0.1, -0.05) is 39.9 Å². The third-order valence-electron chi connectivity index (χ3n) is 3.45. The molecule has 0 fully saturated rings. The Balaban J connectivity index is 5.15. The molecule has 0 spiro atoms.